The van der Waals surface area contributed by atoms with E-state index in [1.165, 1.54) is 12.1 Å². The summed E-state index contributed by atoms with van der Waals surface area (Å²) in [6.07, 6.45) is -0.559. The Labute approximate surface area is 171 Å². The highest BCUT2D eigenvalue weighted by Gasteiger charge is 2.22. The molecule has 0 aliphatic carbocycles. The standard InChI is InChI=1S/C19H25N3O4S.ClH/c20-17(14-15-8-3-1-4-9-15)18(23)19(24)21-12-7-13-22-27(25,26)16-10-5-2-6-11-16;/h1-6,8-11,17-18,22-23H,7,12-14,20H2,(H,21,24);1H/t17-,18+;/m0./s1. The zero-order chi connectivity index (χ0) is 19.7. The number of sulfonamides is 1. The number of rotatable bonds is 10. The van der Waals surface area contributed by atoms with Crippen LogP contribution in [0.2, 0.25) is 0 Å². The first-order chi connectivity index (χ1) is 12.9. The van der Waals surface area contributed by atoms with E-state index in [1.54, 1.807) is 18.2 Å². The van der Waals surface area contributed by atoms with E-state index >= 15 is 0 Å². The van der Waals surface area contributed by atoms with Crippen molar-refractivity contribution in [3.8, 4) is 0 Å². The highest BCUT2D eigenvalue weighted by Crippen LogP contribution is 2.07. The molecule has 0 spiro atoms. The Morgan fingerprint density at radius 2 is 1.57 bits per heavy atom. The maximum Gasteiger partial charge on any atom is 0.250 e. The summed E-state index contributed by atoms with van der Waals surface area (Å²) < 4.78 is 26.6. The van der Waals surface area contributed by atoms with E-state index < -0.39 is 28.1 Å². The molecular weight excluding hydrogens is 402 g/mol. The van der Waals surface area contributed by atoms with E-state index in [9.17, 15) is 18.3 Å². The van der Waals surface area contributed by atoms with E-state index in [0.29, 0.717) is 12.8 Å². The molecule has 0 aliphatic rings. The molecule has 0 saturated carbocycles. The molecule has 7 nitrogen and oxygen atoms in total. The molecule has 154 valence electrons. The van der Waals surface area contributed by atoms with Gasteiger partial charge in [-0.15, -0.1) is 12.4 Å². The van der Waals surface area contributed by atoms with Crippen molar-refractivity contribution in [2.24, 2.45) is 5.73 Å². The molecular formula is C19H26ClN3O4S. The number of amides is 1. The lowest BCUT2D eigenvalue weighted by molar-refractivity contribution is -0.130. The van der Waals surface area contributed by atoms with Gasteiger partial charge >= 0.3 is 0 Å². The fraction of sp³-hybridized carbons (Fsp3) is 0.316. The Bertz CT molecular complexity index is 820. The van der Waals surface area contributed by atoms with Gasteiger partial charge in [-0.05, 0) is 30.5 Å². The molecule has 0 radical (unpaired) electrons. The summed E-state index contributed by atoms with van der Waals surface area (Å²) in [6, 6.07) is 16.7. The molecule has 2 aromatic carbocycles. The number of nitrogens with two attached hydrogens (primary N) is 1. The lowest BCUT2D eigenvalue weighted by Crippen LogP contribution is -2.47. The SMILES string of the molecule is Cl.N[C@@H](Cc1ccccc1)[C@@H](O)C(=O)NCCCNS(=O)(=O)c1ccccc1. The number of carbonyl (C=O) groups is 1. The number of hydrogen-bond acceptors (Lipinski definition) is 5. The van der Waals surface area contributed by atoms with Gasteiger partial charge in [-0.2, -0.15) is 0 Å². The fourth-order valence-corrected chi connectivity index (χ4v) is 3.58. The molecule has 0 aliphatic heterocycles. The quantitative estimate of drug-likeness (QED) is 0.418. The average molecular weight is 428 g/mol. The van der Waals surface area contributed by atoms with Gasteiger partial charge in [0.2, 0.25) is 15.9 Å². The van der Waals surface area contributed by atoms with Crippen molar-refractivity contribution in [3.63, 3.8) is 0 Å². The molecule has 2 atom stereocenters. The number of aliphatic hydroxyl groups excluding tert-OH is 1. The highest BCUT2D eigenvalue weighted by atomic mass is 35.5. The van der Waals surface area contributed by atoms with Gasteiger partial charge < -0.3 is 16.2 Å². The number of carbonyl (C=O) groups excluding carboxylic acids is 1. The molecule has 2 aromatic rings. The third kappa shape index (κ3) is 7.57. The van der Waals surface area contributed by atoms with Crippen molar-refractivity contribution in [1.29, 1.82) is 0 Å². The van der Waals surface area contributed by atoms with Crippen LogP contribution >= 0.6 is 12.4 Å². The van der Waals surface area contributed by atoms with Crippen molar-refractivity contribution in [2.45, 2.75) is 29.9 Å². The summed E-state index contributed by atoms with van der Waals surface area (Å²) in [5.74, 6) is -0.565. The molecule has 0 unspecified atom stereocenters. The number of aliphatic hydroxyl groups is 1. The highest BCUT2D eigenvalue weighted by molar-refractivity contribution is 7.89. The van der Waals surface area contributed by atoms with Crippen LogP contribution in [0.5, 0.6) is 0 Å². The Balaban J connectivity index is 0.00000392. The summed E-state index contributed by atoms with van der Waals surface area (Å²) in [4.78, 5) is 12.2. The third-order valence-electron chi connectivity index (χ3n) is 3.99. The van der Waals surface area contributed by atoms with E-state index in [0.717, 1.165) is 5.56 Å². The Hall–Kier alpha value is -1.97. The molecule has 5 N–H and O–H groups in total. The molecule has 0 bridgehead atoms. The summed E-state index contributed by atoms with van der Waals surface area (Å²) >= 11 is 0. The molecule has 9 heteroatoms. The molecule has 1 amide bonds. The molecule has 2 rings (SSSR count). The third-order valence-corrected chi connectivity index (χ3v) is 5.46. The van der Waals surface area contributed by atoms with Gasteiger partial charge in [-0.3, -0.25) is 4.79 Å². The van der Waals surface area contributed by atoms with Gasteiger partial charge in [0.05, 0.1) is 4.90 Å². The van der Waals surface area contributed by atoms with Crippen LogP contribution in [0.15, 0.2) is 65.6 Å². The van der Waals surface area contributed by atoms with Crippen LogP contribution in [-0.2, 0) is 21.2 Å². The Morgan fingerprint density at radius 1 is 1.00 bits per heavy atom. The molecule has 0 fully saturated rings. The lowest BCUT2D eigenvalue weighted by atomic mass is 10.0. The van der Waals surface area contributed by atoms with Crippen LogP contribution in [0.25, 0.3) is 0 Å². The van der Waals surface area contributed by atoms with E-state index in [4.69, 9.17) is 5.73 Å². The summed E-state index contributed by atoms with van der Waals surface area (Å²) in [6.45, 7) is 0.398. The number of hydrogen-bond donors (Lipinski definition) is 4. The first kappa shape index (κ1) is 24.1. The monoisotopic (exact) mass is 427 g/mol. The van der Waals surface area contributed by atoms with Gasteiger partial charge in [-0.25, -0.2) is 13.1 Å². The molecule has 0 aromatic heterocycles. The van der Waals surface area contributed by atoms with Crippen molar-refractivity contribution >= 4 is 28.3 Å². The van der Waals surface area contributed by atoms with Crippen LogP contribution in [0.4, 0.5) is 0 Å². The molecule has 0 saturated heterocycles. The van der Waals surface area contributed by atoms with Crippen LogP contribution in [0.1, 0.15) is 12.0 Å². The van der Waals surface area contributed by atoms with Gasteiger partial charge in [-0.1, -0.05) is 48.5 Å². The minimum atomic E-state index is -3.56. The van der Waals surface area contributed by atoms with Crippen molar-refractivity contribution in [1.82, 2.24) is 10.0 Å². The first-order valence-corrected chi connectivity index (χ1v) is 10.2. The normalized spacial score (nSPS) is 13.2. The van der Waals surface area contributed by atoms with E-state index in [-0.39, 0.29) is 30.4 Å². The maximum absolute atomic E-state index is 12.0. The van der Waals surface area contributed by atoms with Gasteiger partial charge in [0.15, 0.2) is 0 Å². The second-order valence-electron chi connectivity index (χ2n) is 6.15. The molecule has 28 heavy (non-hydrogen) atoms. The topological polar surface area (TPSA) is 122 Å². The van der Waals surface area contributed by atoms with Crippen LogP contribution < -0.4 is 15.8 Å². The van der Waals surface area contributed by atoms with Gasteiger partial charge in [0.25, 0.3) is 0 Å². The predicted octanol–water partition coefficient (Wildman–Crippen LogP) is 0.824. The lowest BCUT2D eigenvalue weighted by Gasteiger charge is -2.18. The molecule has 0 heterocycles. The maximum atomic E-state index is 12.0. The number of nitrogens with one attached hydrogen (secondary N) is 2. The number of halogens is 1. The van der Waals surface area contributed by atoms with Crippen molar-refractivity contribution in [3.05, 3.63) is 66.2 Å². The minimum absolute atomic E-state index is 0. The predicted molar refractivity (Wildman–Crippen MR) is 111 cm³/mol. The minimum Gasteiger partial charge on any atom is -0.382 e. The zero-order valence-electron chi connectivity index (χ0n) is 15.3. The van der Waals surface area contributed by atoms with Gasteiger partial charge in [0, 0.05) is 19.1 Å². The van der Waals surface area contributed by atoms with Crippen molar-refractivity contribution < 1.29 is 18.3 Å². The Kier molecular flexibility index (Phi) is 10.1. The summed E-state index contributed by atoms with van der Waals surface area (Å²) in [5.41, 5.74) is 6.84. The summed E-state index contributed by atoms with van der Waals surface area (Å²) in [7, 11) is -3.56. The number of benzene rings is 2. The van der Waals surface area contributed by atoms with Crippen molar-refractivity contribution in [2.75, 3.05) is 13.1 Å². The van der Waals surface area contributed by atoms with Gasteiger partial charge in [0.1, 0.15) is 6.10 Å². The largest absolute Gasteiger partial charge is 0.382 e. The smallest absolute Gasteiger partial charge is 0.250 e. The second-order valence-corrected chi connectivity index (χ2v) is 7.92. The summed E-state index contributed by atoms with van der Waals surface area (Å²) in [5, 5.41) is 12.6. The Morgan fingerprint density at radius 3 is 2.18 bits per heavy atom. The van der Waals surface area contributed by atoms with Crippen LogP contribution in [0, 0.1) is 0 Å². The average Bonchev–Trinajstić information content (AvgIpc) is 2.68. The zero-order valence-corrected chi connectivity index (χ0v) is 17.0. The van der Waals surface area contributed by atoms with Crippen LogP contribution in [0.3, 0.4) is 0 Å². The van der Waals surface area contributed by atoms with E-state index in [2.05, 4.69) is 10.0 Å². The second kappa shape index (κ2) is 11.8. The van der Waals surface area contributed by atoms with E-state index in [1.807, 2.05) is 30.3 Å². The van der Waals surface area contributed by atoms with Crippen LogP contribution in [-0.4, -0.2) is 44.7 Å². The fourth-order valence-electron chi connectivity index (χ4n) is 2.49. The first-order valence-electron chi connectivity index (χ1n) is 8.70.